The van der Waals surface area contributed by atoms with Gasteiger partial charge in [0.05, 0.1) is 12.2 Å². The van der Waals surface area contributed by atoms with Crippen molar-refractivity contribution >= 4 is 34.1 Å². The van der Waals surface area contributed by atoms with Gasteiger partial charge in [0.2, 0.25) is 0 Å². The predicted molar refractivity (Wildman–Crippen MR) is 59.7 cm³/mol. The van der Waals surface area contributed by atoms with Gasteiger partial charge in [-0.1, -0.05) is 0 Å². The van der Waals surface area contributed by atoms with Gasteiger partial charge in [0.1, 0.15) is 6.07 Å². The van der Waals surface area contributed by atoms with Crippen LogP contribution in [0.1, 0.15) is 10.4 Å². The number of hydrogen-bond donors (Lipinski definition) is 2. The molecule has 0 atom stereocenters. The summed E-state index contributed by atoms with van der Waals surface area (Å²) in [5.74, 6) is 0. The fourth-order valence-electron chi connectivity index (χ4n) is 1.32. The number of rotatable bonds is 1. The van der Waals surface area contributed by atoms with Crippen LogP contribution in [0.2, 0.25) is 0 Å². The maximum Gasteiger partial charge on any atom is 0.100 e. The van der Waals surface area contributed by atoms with E-state index in [-0.39, 0.29) is 6.61 Å². The van der Waals surface area contributed by atoms with Crippen LogP contribution in [-0.2, 0) is 6.61 Å². The molecule has 0 spiro atoms. The van der Waals surface area contributed by atoms with Crippen molar-refractivity contribution in [3.05, 3.63) is 28.6 Å². The van der Waals surface area contributed by atoms with E-state index < -0.39 is 0 Å². The molecule has 1 heterocycles. The first-order chi connectivity index (χ1) is 6.76. The van der Waals surface area contributed by atoms with Gasteiger partial charge in [0, 0.05) is 19.9 Å². The molecule has 0 amide bonds. The van der Waals surface area contributed by atoms with Gasteiger partial charge in [0.15, 0.2) is 0 Å². The molecule has 2 rings (SSSR count). The van der Waals surface area contributed by atoms with Crippen molar-refractivity contribution in [2.75, 3.05) is 0 Å². The van der Waals surface area contributed by atoms with E-state index in [2.05, 4.69) is 18.7 Å². The number of hydrogen-bond acceptors (Lipinski definition) is 4. The standard InChI is InChI=1S/C10H7NOS2/c11-4-6-1-2-9-8(10(6)13)3-7(5-12)14-9/h1-3,12-13H,5H2. The highest BCUT2D eigenvalue weighted by molar-refractivity contribution is 7.80. The minimum absolute atomic E-state index is 0.0362. The third-order valence-corrected chi connectivity index (χ3v) is 3.57. The van der Waals surface area contributed by atoms with Crippen molar-refractivity contribution in [1.82, 2.24) is 0 Å². The van der Waals surface area contributed by atoms with Crippen LogP contribution in [0.5, 0.6) is 0 Å². The Morgan fingerprint density at radius 2 is 2.29 bits per heavy atom. The Balaban J connectivity index is 2.76. The summed E-state index contributed by atoms with van der Waals surface area (Å²) in [6, 6.07) is 7.60. The summed E-state index contributed by atoms with van der Waals surface area (Å²) in [6.07, 6.45) is 0. The van der Waals surface area contributed by atoms with Gasteiger partial charge in [-0.05, 0) is 18.2 Å². The maximum absolute atomic E-state index is 8.98. The summed E-state index contributed by atoms with van der Waals surface area (Å²) in [5, 5.41) is 18.7. The third kappa shape index (κ3) is 1.40. The molecule has 14 heavy (non-hydrogen) atoms. The monoisotopic (exact) mass is 221 g/mol. The highest BCUT2D eigenvalue weighted by Gasteiger charge is 2.07. The van der Waals surface area contributed by atoms with Crippen LogP contribution in [-0.4, -0.2) is 5.11 Å². The average molecular weight is 221 g/mol. The van der Waals surface area contributed by atoms with Crippen molar-refractivity contribution < 1.29 is 5.11 Å². The first-order valence-corrected chi connectivity index (χ1v) is 5.28. The molecule has 70 valence electrons. The first kappa shape index (κ1) is 9.53. The Bertz CT molecular complexity index is 525. The van der Waals surface area contributed by atoms with Crippen molar-refractivity contribution in [3.8, 4) is 6.07 Å². The summed E-state index contributed by atoms with van der Waals surface area (Å²) in [7, 11) is 0. The van der Waals surface area contributed by atoms with Crippen LogP contribution in [0.15, 0.2) is 23.1 Å². The number of aliphatic hydroxyl groups is 1. The van der Waals surface area contributed by atoms with Gasteiger partial charge in [-0.15, -0.1) is 24.0 Å². The zero-order valence-electron chi connectivity index (χ0n) is 7.19. The molecule has 0 aliphatic rings. The molecule has 0 unspecified atom stereocenters. The Morgan fingerprint density at radius 3 is 2.93 bits per heavy atom. The lowest BCUT2D eigenvalue weighted by Crippen LogP contribution is -1.77. The van der Waals surface area contributed by atoms with Crippen LogP contribution in [0.3, 0.4) is 0 Å². The first-order valence-electron chi connectivity index (χ1n) is 4.01. The number of nitrogens with zero attached hydrogens (tertiary/aromatic N) is 1. The molecule has 0 saturated heterocycles. The molecule has 0 bridgehead atoms. The van der Waals surface area contributed by atoms with Gasteiger partial charge in [0.25, 0.3) is 0 Å². The topological polar surface area (TPSA) is 44.0 Å². The summed E-state index contributed by atoms with van der Waals surface area (Å²) in [5.41, 5.74) is 0.572. The van der Waals surface area contributed by atoms with Crippen molar-refractivity contribution in [1.29, 1.82) is 5.26 Å². The number of aliphatic hydroxyl groups excluding tert-OH is 1. The second-order valence-electron chi connectivity index (χ2n) is 2.86. The second-order valence-corrected chi connectivity index (χ2v) is 4.47. The van der Waals surface area contributed by atoms with E-state index in [1.54, 1.807) is 6.07 Å². The predicted octanol–water partition coefficient (Wildman–Crippen LogP) is 2.55. The highest BCUT2D eigenvalue weighted by Crippen LogP contribution is 2.32. The lowest BCUT2D eigenvalue weighted by Gasteiger charge is -1.96. The van der Waals surface area contributed by atoms with Crippen LogP contribution >= 0.6 is 24.0 Å². The van der Waals surface area contributed by atoms with Crippen LogP contribution in [0.25, 0.3) is 10.1 Å². The summed E-state index contributed by atoms with van der Waals surface area (Å²) >= 11 is 5.82. The Kier molecular flexibility index (Phi) is 2.46. The van der Waals surface area contributed by atoms with Crippen molar-refractivity contribution in [2.24, 2.45) is 0 Å². The number of thiol groups is 1. The number of thiophene rings is 1. The number of nitriles is 1. The lowest BCUT2D eigenvalue weighted by atomic mass is 10.2. The van der Waals surface area contributed by atoms with Gasteiger partial charge in [-0.3, -0.25) is 0 Å². The van der Waals surface area contributed by atoms with E-state index in [9.17, 15) is 0 Å². The summed E-state index contributed by atoms with van der Waals surface area (Å²) in [6.45, 7) is 0.0362. The molecule has 1 aromatic heterocycles. The van der Waals surface area contributed by atoms with Crippen LogP contribution in [0, 0.1) is 11.3 Å². The van der Waals surface area contributed by atoms with Gasteiger partial charge in [-0.25, -0.2) is 0 Å². The minimum Gasteiger partial charge on any atom is -0.391 e. The van der Waals surface area contributed by atoms with Crippen molar-refractivity contribution in [3.63, 3.8) is 0 Å². The molecule has 0 fully saturated rings. The SMILES string of the molecule is N#Cc1ccc2sc(CO)cc2c1S. The number of fused-ring (bicyclic) bond motifs is 1. The average Bonchev–Trinajstić information content (AvgIpc) is 2.62. The zero-order valence-corrected chi connectivity index (χ0v) is 8.90. The molecule has 0 aliphatic carbocycles. The van der Waals surface area contributed by atoms with E-state index in [4.69, 9.17) is 10.4 Å². The highest BCUT2D eigenvalue weighted by atomic mass is 32.1. The van der Waals surface area contributed by atoms with Crippen LogP contribution < -0.4 is 0 Å². The van der Waals surface area contributed by atoms with E-state index in [1.807, 2.05) is 12.1 Å². The normalized spacial score (nSPS) is 10.4. The molecular weight excluding hydrogens is 214 g/mol. The Labute approximate surface area is 90.8 Å². The van der Waals surface area contributed by atoms with E-state index >= 15 is 0 Å². The van der Waals surface area contributed by atoms with Gasteiger partial charge in [-0.2, -0.15) is 5.26 Å². The minimum atomic E-state index is 0.0362. The number of benzene rings is 1. The van der Waals surface area contributed by atoms with E-state index in [0.717, 1.165) is 15.0 Å². The molecule has 1 aromatic carbocycles. The van der Waals surface area contributed by atoms with E-state index in [1.165, 1.54) is 11.3 Å². The molecular formula is C10H7NOS2. The van der Waals surface area contributed by atoms with E-state index in [0.29, 0.717) is 10.5 Å². The third-order valence-electron chi connectivity index (χ3n) is 2.00. The molecule has 1 N–H and O–H groups in total. The molecule has 2 aromatic rings. The summed E-state index contributed by atoms with van der Waals surface area (Å²) in [4.78, 5) is 1.59. The fourth-order valence-corrected chi connectivity index (χ4v) is 2.63. The van der Waals surface area contributed by atoms with Crippen molar-refractivity contribution in [2.45, 2.75) is 11.5 Å². The molecule has 0 radical (unpaired) electrons. The lowest BCUT2D eigenvalue weighted by molar-refractivity contribution is 0.285. The molecule has 4 heteroatoms. The Morgan fingerprint density at radius 1 is 1.50 bits per heavy atom. The van der Waals surface area contributed by atoms with Crippen LogP contribution in [0.4, 0.5) is 0 Å². The quantitative estimate of drug-likeness (QED) is 0.727. The molecule has 0 aliphatic heterocycles. The zero-order chi connectivity index (χ0) is 10.1. The molecule has 2 nitrogen and oxygen atoms in total. The molecule has 0 saturated carbocycles. The maximum atomic E-state index is 8.98. The summed E-state index contributed by atoms with van der Waals surface area (Å²) < 4.78 is 1.05. The van der Waals surface area contributed by atoms with Gasteiger partial charge >= 0.3 is 0 Å². The Hall–Kier alpha value is -1.02. The smallest absolute Gasteiger partial charge is 0.100 e. The largest absolute Gasteiger partial charge is 0.391 e. The second kappa shape index (κ2) is 3.62. The van der Waals surface area contributed by atoms with Gasteiger partial charge < -0.3 is 5.11 Å². The fraction of sp³-hybridized carbons (Fsp3) is 0.100.